The van der Waals surface area contributed by atoms with Gasteiger partial charge in [-0.1, -0.05) is 0 Å². The number of amides is 1. The van der Waals surface area contributed by atoms with Gasteiger partial charge in [-0.3, -0.25) is 9.48 Å². The normalized spacial score (nSPS) is 35.0. The van der Waals surface area contributed by atoms with E-state index < -0.39 is 12.0 Å². The number of carbonyl (C=O) groups is 2. The molecule has 4 bridgehead atoms. The fourth-order valence-electron chi connectivity index (χ4n) is 5.71. The Morgan fingerprint density at radius 2 is 1.88 bits per heavy atom. The number of rotatable bonds is 5. The lowest BCUT2D eigenvalue weighted by atomic mass is 9.49. The molecule has 4 aliphatic rings. The molecule has 0 aliphatic heterocycles. The summed E-state index contributed by atoms with van der Waals surface area (Å²) in [5, 5.41) is 16.1. The first-order valence-corrected chi connectivity index (χ1v) is 8.99. The monoisotopic (exact) mass is 331 g/mol. The van der Waals surface area contributed by atoms with Gasteiger partial charge in [-0.25, -0.2) is 4.79 Å². The Kier molecular flexibility index (Phi) is 3.66. The van der Waals surface area contributed by atoms with Gasteiger partial charge in [0.2, 0.25) is 5.91 Å². The molecule has 130 valence electrons. The highest BCUT2D eigenvalue weighted by atomic mass is 16.4. The van der Waals surface area contributed by atoms with E-state index in [1.165, 1.54) is 55.6 Å². The lowest BCUT2D eigenvalue weighted by Crippen LogP contribution is -2.51. The van der Waals surface area contributed by atoms with Gasteiger partial charge in [-0.15, -0.1) is 0 Å². The van der Waals surface area contributed by atoms with Gasteiger partial charge < -0.3 is 10.4 Å². The molecule has 4 saturated carbocycles. The van der Waals surface area contributed by atoms with Crippen LogP contribution in [-0.2, 0) is 4.79 Å². The van der Waals surface area contributed by atoms with Gasteiger partial charge in [-0.2, -0.15) is 5.10 Å². The zero-order valence-electron chi connectivity index (χ0n) is 14.1. The summed E-state index contributed by atoms with van der Waals surface area (Å²) in [6.07, 6.45) is 10.7. The highest BCUT2D eigenvalue weighted by Gasteiger charge is 2.50. The van der Waals surface area contributed by atoms with E-state index in [0.29, 0.717) is 5.41 Å². The van der Waals surface area contributed by atoms with E-state index in [4.69, 9.17) is 5.11 Å². The van der Waals surface area contributed by atoms with Crippen LogP contribution < -0.4 is 5.32 Å². The molecule has 1 amide bonds. The Labute approximate surface area is 141 Å². The van der Waals surface area contributed by atoms with Crippen LogP contribution in [0.2, 0.25) is 0 Å². The van der Waals surface area contributed by atoms with Crippen LogP contribution in [0, 0.1) is 23.2 Å². The van der Waals surface area contributed by atoms with E-state index in [1.807, 2.05) is 0 Å². The number of aromatic nitrogens is 2. The second-order valence-electron chi connectivity index (χ2n) is 8.33. The summed E-state index contributed by atoms with van der Waals surface area (Å²) in [4.78, 5) is 23.4. The van der Waals surface area contributed by atoms with Crippen LogP contribution in [0.15, 0.2) is 12.4 Å². The molecule has 4 aliphatic carbocycles. The Morgan fingerprint density at radius 3 is 2.38 bits per heavy atom. The van der Waals surface area contributed by atoms with Crippen molar-refractivity contribution < 1.29 is 14.7 Å². The number of nitrogens with zero attached hydrogens (tertiary/aromatic N) is 2. The van der Waals surface area contributed by atoms with Crippen molar-refractivity contribution in [2.45, 2.75) is 51.5 Å². The molecule has 24 heavy (non-hydrogen) atoms. The first-order valence-electron chi connectivity index (χ1n) is 8.99. The van der Waals surface area contributed by atoms with Crippen LogP contribution in [0.25, 0.3) is 0 Å². The van der Waals surface area contributed by atoms with Crippen molar-refractivity contribution in [3.63, 3.8) is 0 Å². The maximum absolute atomic E-state index is 12.5. The van der Waals surface area contributed by atoms with Gasteiger partial charge in [0.1, 0.15) is 6.04 Å². The summed E-state index contributed by atoms with van der Waals surface area (Å²) in [5.74, 6) is 1.51. The molecule has 0 aromatic carbocycles. The van der Waals surface area contributed by atoms with Crippen molar-refractivity contribution in [2.24, 2.45) is 23.2 Å². The van der Waals surface area contributed by atoms with Crippen LogP contribution in [0.3, 0.4) is 0 Å². The summed E-state index contributed by atoms with van der Waals surface area (Å²) in [5.41, 5.74) is 0.413. The third-order valence-electron chi connectivity index (χ3n) is 6.43. The van der Waals surface area contributed by atoms with Crippen molar-refractivity contribution >= 4 is 11.9 Å². The molecule has 1 atom stereocenters. The predicted octanol–water partition coefficient (Wildman–Crippen LogP) is 2.47. The van der Waals surface area contributed by atoms with Crippen LogP contribution in [0.5, 0.6) is 0 Å². The number of nitrogens with one attached hydrogen (secondary N) is 1. The number of aromatic carboxylic acids is 1. The molecule has 1 aromatic rings. The second kappa shape index (κ2) is 5.60. The zero-order chi connectivity index (χ0) is 16.9. The number of carboxylic acids is 1. The van der Waals surface area contributed by atoms with Crippen LogP contribution >= 0.6 is 0 Å². The fraction of sp³-hybridized carbons (Fsp3) is 0.722. The first-order chi connectivity index (χ1) is 11.4. The van der Waals surface area contributed by atoms with E-state index in [9.17, 15) is 9.59 Å². The van der Waals surface area contributed by atoms with Crippen molar-refractivity contribution in [1.29, 1.82) is 0 Å². The first kappa shape index (κ1) is 15.7. The molecule has 2 N–H and O–H groups in total. The van der Waals surface area contributed by atoms with Gasteiger partial charge in [0.05, 0.1) is 11.8 Å². The number of carbonyl (C=O) groups excluding carboxylic acids is 1. The van der Waals surface area contributed by atoms with Gasteiger partial charge in [0, 0.05) is 12.7 Å². The highest BCUT2D eigenvalue weighted by molar-refractivity contribution is 5.87. The smallest absolute Gasteiger partial charge is 0.338 e. The van der Waals surface area contributed by atoms with Crippen LogP contribution in [0.4, 0.5) is 0 Å². The van der Waals surface area contributed by atoms with E-state index >= 15 is 0 Å². The molecule has 1 heterocycles. The summed E-state index contributed by atoms with van der Waals surface area (Å²) >= 11 is 0. The number of hydrogen-bond donors (Lipinski definition) is 2. The second-order valence-corrected chi connectivity index (χ2v) is 8.33. The average molecular weight is 331 g/mol. The summed E-state index contributed by atoms with van der Waals surface area (Å²) in [7, 11) is 0. The lowest BCUT2D eigenvalue weighted by molar-refractivity contribution is -0.126. The quantitative estimate of drug-likeness (QED) is 0.868. The maximum Gasteiger partial charge on any atom is 0.338 e. The topological polar surface area (TPSA) is 84.2 Å². The minimum absolute atomic E-state index is 0.0780. The van der Waals surface area contributed by atoms with E-state index in [0.717, 1.165) is 24.3 Å². The summed E-state index contributed by atoms with van der Waals surface area (Å²) in [6.45, 7) is 2.51. The number of hydrogen-bond acceptors (Lipinski definition) is 3. The molecule has 6 heteroatoms. The summed E-state index contributed by atoms with van der Waals surface area (Å²) in [6, 6.07) is -0.494. The largest absolute Gasteiger partial charge is 0.478 e. The van der Waals surface area contributed by atoms with Crippen LogP contribution in [-0.4, -0.2) is 33.3 Å². The molecular weight excluding hydrogens is 306 g/mol. The molecule has 4 fully saturated rings. The Balaban J connectivity index is 1.38. The lowest BCUT2D eigenvalue weighted by Gasteiger charge is -2.57. The highest BCUT2D eigenvalue weighted by Crippen LogP contribution is 2.59. The zero-order valence-corrected chi connectivity index (χ0v) is 14.1. The minimum atomic E-state index is -1.03. The molecule has 0 spiro atoms. The van der Waals surface area contributed by atoms with Gasteiger partial charge in [-0.05, 0) is 68.6 Å². The molecular formula is C18H25N3O3. The molecule has 1 unspecified atom stereocenters. The van der Waals surface area contributed by atoms with E-state index in [1.54, 1.807) is 6.92 Å². The van der Waals surface area contributed by atoms with Gasteiger partial charge in [0.15, 0.2) is 0 Å². The van der Waals surface area contributed by atoms with E-state index in [2.05, 4.69) is 10.4 Å². The molecule has 1 aromatic heterocycles. The van der Waals surface area contributed by atoms with Crippen molar-refractivity contribution in [3.8, 4) is 0 Å². The van der Waals surface area contributed by atoms with Crippen molar-refractivity contribution in [2.75, 3.05) is 6.54 Å². The SMILES string of the molecule is CC(C(=O)NCC12CC3CC(CC(C3)C1)C2)n1cc(C(=O)O)cn1. The van der Waals surface area contributed by atoms with Crippen molar-refractivity contribution in [1.82, 2.24) is 15.1 Å². The van der Waals surface area contributed by atoms with Gasteiger partial charge in [0.25, 0.3) is 0 Å². The Morgan fingerprint density at radius 1 is 1.29 bits per heavy atom. The third kappa shape index (κ3) is 2.72. The molecule has 0 saturated heterocycles. The molecule has 5 rings (SSSR count). The Bertz CT molecular complexity index is 631. The van der Waals surface area contributed by atoms with Gasteiger partial charge >= 0.3 is 5.97 Å². The average Bonchev–Trinajstić information content (AvgIpc) is 3.01. The predicted molar refractivity (Wildman–Crippen MR) is 87.5 cm³/mol. The standard InChI is InChI=1S/C18H25N3O3/c1-11(21-9-15(8-20-21)17(23)24)16(22)19-10-18-5-12-2-13(6-18)4-14(3-12)7-18/h8-9,11-14H,2-7,10H2,1H3,(H,19,22)(H,23,24). The third-order valence-corrected chi connectivity index (χ3v) is 6.43. The minimum Gasteiger partial charge on any atom is -0.478 e. The van der Waals surface area contributed by atoms with Crippen LogP contribution in [0.1, 0.15) is 61.8 Å². The van der Waals surface area contributed by atoms with E-state index in [-0.39, 0.29) is 11.5 Å². The Hall–Kier alpha value is -1.85. The molecule has 0 radical (unpaired) electrons. The fourth-order valence-corrected chi connectivity index (χ4v) is 5.71. The van der Waals surface area contributed by atoms with Crippen molar-refractivity contribution in [3.05, 3.63) is 18.0 Å². The molecule has 6 nitrogen and oxygen atoms in total. The number of carboxylic acid groups (broad SMARTS) is 1. The maximum atomic E-state index is 12.5. The summed E-state index contributed by atoms with van der Waals surface area (Å²) < 4.78 is 1.43.